The van der Waals surface area contributed by atoms with Gasteiger partial charge in [-0.2, -0.15) is 0 Å². The van der Waals surface area contributed by atoms with Gasteiger partial charge in [0, 0.05) is 39.0 Å². The Labute approximate surface area is 395 Å². The quantitative estimate of drug-likeness (QED) is 0.149. The Morgan fingerprint density at radius 2 is 0.632 bits per heavy atom. The highest BCUT2D eigenvalue weighted by atomic mass is 15.3. The Morgan fingerprint density at radius 1 is 0.279 bits per heavy atom. The van der Waals surface area contributed by atoms with Crippen LogP contribution < -0.4 is 15.3 Å². The van der Waals surface area contributed by atoms with Gasteiger partial charge in [-0.15, -0.1) is 0 Å². The number of benzene rings is 9. The molecular weight excluding hydrogens is 826 g/mol. The van der Waals surface area contributed by atoms with Crippen molar-refractivity contribution in [3.8, 4) is 50.5 Å². The van der Waals surface area contributed by atoms with Crippen LogP contribution in [0.4, 0.5) is 34.4 Å². The average molecular weight is 868 g/mol. The SMILES string of the molecule is c1ccc(-c2ccc(N3c4cc(-n5c6ccccc6c6ccccc65)cc5c4B(n4c(-c6ccccc6)ccc43)n3c(-c4ccccc4)ccc3N5c3ccc(-c4ccccc4)cc3)cc2)cc1. The summed E-state index contributed by atoms with van der Waals surface area (Å²) in [5.41, 5.74) is 18.5. The molecule has 0 radical (unpaired) electrons. The van der Waals surface area contributed by atoms with Crippen LogP contribution in [0.25, 0.3) is 72.3 Å². The first-order valence-corrected chi connectivity index (χ1v) is 23.4. The van der Waals surface area contributed by atoms with Crippen molar-refractivity contribution in [1.82, 2.24) is 13.5 Å². The van der Waals surface area contributed by atoms with Gasteiger partial charge in [0.25, 0.3) is 0 Å². The van der Waals surface area contributed by atoms with Crippen LogP contribution in [0.3, 0.4) is 0 Å². The number of aromatic nitrogens is 3. The van der Waals surface area contributed by atoms with Gasteiger partial charge in [-0.25, -0.2) is 0 Å². The molecule has 2 aliphatic heterocycles. The van der Waals surface area contributed by atoms with E-state index in [1.807, 2.05) is 0 Å². The summed E-state index contributed by atoms with van der Waals surface area (Å²) in [4.78, 5) is 5.00. The van der Waals surface area contributed by atoms with E-state index in [-0.39, 0.29) is 6.98 Å². The zero-order valence-corrected chi connectivity index (χ0v) is 37.1. The van der Waals surface area contributed by atoms with Crippen LogP contribution in [0.1, 0.15) is 0 Å². The number of nitrogens with zero attached hydrogens (tertiary/aromatic N) is 5. The molecule has 0 spiro atoms. The van der Waals surface area contributed by atoms with Crippen molar-refractivity contribution in [2.75, 3.05) is 9.80 Å². The Balaban J connectivity index is 1.10. The monoisotopic (exact) mass is 867 g/mol. The Bertz CT molecular complexity index is 3590. The molecular formula is C62H42BN5. The van der Waals surface area contributed by atoms with Crippen LogP contribution in [0.15, 0.2) is 255 Å². The molecule has 9 aromatic carbocycles. The normalized spacial score (nSPS) is 12.6. The number of para-hydroxylation sites is 2. The molecule has 0 aliphatic carbocycles. The molecule has 3 aromatic heterocycles. The molecule has 0 fully saturated rings. The first-order chi connectivity index (χ1) is 33.8. The zero-order chi connectivity index (χ0) is 44.7. The van der Waals surface area contributed by atoms with E-state index in [0.29, 0.717) is 0 Å². The van der Waals surface area contributed by atoms with Crippen molar-refractivity contribution in [3.05, 3.63) is 255 Å². The first-order valence-electron chi connectivity index (χ1n) is 23.4. The number of hydrogen-bond donors (Lipinski definition) is 0. The van der Waals surface area contributed by atoms with Gasteiger partial charge in [-0.1, -0.05) is 182 Å². The lowest BCUT2D eigenvalue weighted by Gasteiger charge is -2.45. The standard InChI is InChI=1S/C62H42BN5/c1-5-17-43(18-6-1)45-29-33-49(34-30-45)65-58-41-51(64-56-27-15-13-25-52(56)53-26-14-16-28-57(53)64)42-59-62(58)63(67-54(37-39-60(65)67)47-21-9-3-10-22-47)68-55(48-23-11-4-12-24-48)38-40-61(68)66(59)50-35-31-46(32-36-50)44-19-7-2-8-20-44/h1-42H. The van der Waals surface area contributed by atoms with Crippen LogP contribution in [-0.4, -0.2) is 20.5 Å². The number of fused-ring (bicyclic) bond motifs is 7. The lowest BCUT2D eigenvalue weighted by atomic mass is 9.61. The second-order valence-corrected chi connectivity index (χ2v) is 17.8. The molecule has 68 heavy (non-hydrogen) atoms. The minimum Gasteiger partial charge on any atom is -0.347 e. The van der Waals surface area contributed by atoms with Gasteiger partial charge in [0.2, 0.25) is 0 Å². The third kappa shape index (κ3) is 5.84. The van der Waals surface area contributed by atoms with E-state index >= 15 is 0 Å². The maximum atomic E-state index is 2.58. The summed E-state index contributed by atoms with van der Waals surface area (Å²) in [7, 11) is 0. The van der Waals surface area contributed by atoms with Crippen molar-refractivity contribution in [2.24, 2.45) is 0 Å². The van der Waals surface area contributed by atoms with Crippen LogP contribution in [0.5, 0.6) is 0 Å². The van der Waals surface area contributed by atoms with Gasteiger partial charge in [0.1, 0.15) is 11.6 Å². The highest BCUT2D eigenvalue weighted by molar-refractivity contribution is 6.77. The third-order valence-corrected chi connectivity index (χ3v) is 14.0. The number of hydrogen-bond acceptors (Lipinski definition) is 2. The second-order valence-electron chi connectivity index (χ2n) is 17.8. The van der Waals surface area contributed by atoms with Crippen molar-refractivity contribution in [1.29, 1.82) is 0 Å². The maximum Gasteiger partial charge on any atom is 0.427 e. The van der Waals surface area contributed by atoms with E-state index < -0.39 is 0 Å². The highest BCUT2D eigenvalue weighted by Gasteiger charge is 2.47. The molecule has 318 valence electrons. The van der Waals surface area contributed by atoms with Gasteiger partial charge in [-0.05, 0) is 106 Å². The van der Waals surface area contributed by atoms with Crippen molar-refractivity contribution in [3.63, 3.8) is 0 Å². The lowest BCUT2D eigenvalue weighted by Crippen LogP contribution is -2.56. The fourth-order valence-corrected chi connectivity index (χ4v) is 11.0. The summed E-state index contributed by atoms with van der Waals surface area (Å²) < 4.78 is 7.63. The Hall–Kier alpha value is -9.00. The zero-order valence-electron chi connectivity index (χ0n) is 37.1. The van der Waals surface area contributed by atoms with Crippen LogP contribution >= 0.6 is 0 Å². The molecule has 0 atom stereocenters. The molecule has 0 N–H and O–H groups in total. The average Bonchev–Trinajstić information content (AvgIpc) is 4.15. The predicted molar refractivity (Wildman–Crippen MR) is 284 cm³/mol. The highest BCUT2D eigenvalue weighted by Crippen LogP contribution is 2.51. The maximum absolute atomic E-state index is 2.58. The molecule has 6 heteroatoms. The van der Waals surface area contributed by atoms with Crippen molar-refractivity contribution < 1.29 is 0 Å². The molecule has 0 unspecified atom stereocenters. The molecule has 0 saturated carbocycles. The van der Waals surface area contributed by atoms with Crippen molar-refractivity contribution >= 4 is 68.6 Å². The number of anilines is 6. The van der Waals surface area contributed by atoms with Crippen molar-refractivity contribution in [2.45, 2.75) is 0 Å². The van der Waals surface area contributed by atoms with Crippen LogP contribution in [-0.2, 0) is 0 Å². The summed E-state index contributed by atoms with van der Waals surface area (Å²) in [6.45, 7) is -0.243. The molecule has 14 rings (SSSR count). The van der Waals surface area contributed by atoms with Crippen LogP contribution in [0, 0.1) is 0 Å². The summed E-state index contributed by atoms with van der Waals surface area (Å²) in [5.74, 6) is 2.19. The summed E-state index contributed by atoms with van der Waals surface area (Å²) in [5, 5.41) is 2.47. The molecule has 2 aliphatic rings. The predicted octanol–water partition coefficient (Wildman–Crippen LogP) is 15.4. The molecule has 12 aromatic rings. The smallest absolute Gasteiger partial charge is 0.347 e. The summed E-state index contributed by atoms with van der Waals surface area (Å²) in [6, 6.07) is 93.1. The molecule has 0 amide bonds. The second kappa shape index (κ2) is 15.3. The minimum atomic E-state index is -0.243. The summed E-state index contributed by atoms with van der Waals surface area (Å²) >= 11 is 0. The Kier molecular flexibility index (Phi) is 8.61. The van der Waals surface area contributed by atoms with E-state index in [1.54, 1.807) is 0 Å². The topological polar surface area (TPSA) is 21.3 Å². The van der Waals surface area contributed by atoms with Gasteiger partial charge in [0.05, 0.1) is 28.1 Å². The molecule has 5 heterocycles. The van der Waals surface area contributed by atoms with Gasteiger partial charge < -0.3 is 13.5 Å². The third-order valence-electron chi connectivity index (χ3n) is 14.0. The largest absolute Gasteiger partial charge is 0.427 e. The van der Waals surface area contributed by atoms with Gasteiger partial charge in [-0.3, -0.25) is 9.80 Å². The summed E-state index contributed by atoms with van der Waals surface area (Å²) in [6.07, 6.45) is 0. The van der Waals surface area contributed by atoms with E-state index in [1.165, 1.54) is 60.6 Å². The van der Waals surface area contributed by atoms with E-state index in [4.69, 9.17) is 0 Å². The fourth-order valence-electron chi connectivity index (χ4n) is 11.0. The molecule has 5 nitrogen and oxygen atoms in total. The minimum absolute atomic E-state index is 0.243. The lowest BCUT2D eigenvalue weighted by molar-refractivity contribution is 1.01. The Morgan fingerprint density at radius 3 is 1.04 bits per heavy atom. The van der Waals surface area contributed by atoms with E-state index in [2.05, 4.69) is 278 Å². The molecule has 0 saturated heterocycles. The number of rotatable bonds is 7. The van der Waals surface area contributed by atoms with Gasteiger partial charge >= 0.3 is 6.98 Å². The fraction of sp³-hybridized carbons (Fsp3) is 0. The van der Waals surface area contributed by atoms with Crippen LogP contribution in [0.2, 0.25) is 0 Å². The first kappa shape index (κ1) is 38.3. The molecule has 0 bridgehead atoms. The van der Waals surface area contributed by atoms with E-state index in [9.17, 15) is 0 Å². The van der Waals surface area contributed by atoms with E-state index in [0.717, 1.165) is 51.5 Å². The van der Waals surface area contributed by atoms with Gasteiger partial charge in [0.15, 0.2) is 0 Å².